The van der Waals surface area contributed by atoms with Crippen molar-refractivity contribution in [3.05, 3.63) is 149 Å². The van der Waals surface area contributed by atoms with Crippen molar-refractivity contribution in [3.63, 3.8) is 0 Å². The van der Waals surface area contributed by atoms with E-state index in [1.807, 2.05) is 84.3 Å². The number of aryl methyl sites for hydroxylation is 1. The lowest BCUT2D eigenvalue weighted by atomic mass is 9.83. The topological polar surface area (TPSA) is 62.0 Å². The van der Waals surface area contributed by atoms with E-state index >= 15 is 0 Å². The van der Waals surface area contributed by atoms with E-state index in [0.29, 0.717) is 39.1 Å². The lowest BCUT2D eigenvalue weighted by Gasteiger charge is -2.31. The second-order valence-corrected chi connectivity index (χ2v) is 12.4. The van der Waals surface area contributed by atoms with Gasteiger partial charge in [-0.2, -0.15) is 0 Å². The molecule has 5 aromatic rings. The molecule has 0 bridgehead atoms. The molecular weight excluding hydrogens is 604 g/mol. The smallest absolute Gasteiger partial charge is 0.271 e. The number of halogens is 1. The van der Waals surface area contributed by atoms with Gasteiger partial charge < -0.3 is 14.2 Å². The van der Waals surface area contributed by atoms with Gasteiger partial charge in [0.2, 0.25) is 0 Å². The minimum atomic E-state index is -0.314. The van der Waals surface area contributed by atoms with Gasteiger partial charge in [0.25, 0.3) is 5.56 Å². The SMILES string of the molecule is CCOc1cc(/C=c2\sc3n(c2=O)[C@H](c2ccccc2OC)C2=C(N=3)c3ccccc3CC2)ccc1OCc1ccc(Cl)cc1. The van der Waals surface area contributed by atoms with Gasteiger partial charge in [0, 0.05) is 16.1 Å². The normalized spacial score (nSPS) is 15.5. The van der Waals surface area contributed by atoms with Gasteiger partial charge in [-0.3, -0.25) is 9.36 Å². The van der Waals surface area contributed by atoms with Crippen molar-refractivity contribution >= 4 is 34.7 Å². The van der Waals surface area contributed by atoms with Crippen LogP contribution in [0.5, 0.6) is 17.2 Å². The fourth-order valence-electron chi connectivity index (χ4n) is 6.09. The summed E-state index contributed by atoms with van der Waals surface area (Å²) >= 11 is 7.43. The Labute approximate surface area is 270 Å². The molecule has 45 heavy (non-hydrogen) atoms. The minimum Gasteiger partial charge on any atom is -0.496 e. The van der Waals surface area contributed by atoms with Crippen LogP contribution in [0.25, 0.3) is 11.8 Å². The summed E-state index contributed by atoms with van der Waals surface area (Å²) in [5, 5.41) is 0.683. The van der Waals surface area contributed by atoms with Crippen molar-refractivity contribution in [2.24, 2.45) is 4.99 Å². The summed E-state index contributed by atoms with van der Waals surface area (Å²) in [6.45, 7) is 2.80. The predicted molar refractivity (Wildman–Crippen MR) is 179 cm³/mol. The maximum Gasteiger partial charge on any atom is 0.271 e. The Bertz CT molecular complexity index is 2110. The molecule has 7 rings (SSSR count). The molecule has 0 saturated carbocycles. The van der Waals surface area contributed by atoms with Crippen LogP contribution in [0.4, 0.5) is 0 Å². The van der Waals surface area contributed by atoms with Crippen molar-refractivity contribution in [2.75, 3.05) is 13.7 Å². The number of methoxy groups -OCH3 is 1. The molecule has 0 fully saturated rings. The number of para-hydroxylation sites is 1. The van der Waals surface area contributed by atoms with Crippen molar-refractivity contribution in [2.45, 2.75) is 32.4 Å². The highest BCUT2D eigenvalue weighted by Crippen LogP contribution is 2.43. The fraction of sp³-hybridized carbons (Fsp3) is 0.189. The second-order valence-electron chi connectivity index (χ2n) is 10.9. The molecule has 226 valence electrons. The molecule has 2 heterocycles. The van der Waals surface area contributed by atoms with Gasteiger partial charge in [-0.25, -0.2) is 4.99 Å². The summed E-state index contributed by atoms with van der Waals surface area (Å²) in [7, 11) is 1.67. The highest BCUT2D eigenvalue weighted by atomic mass is 35.5. The maximum absolute atomic E-state index is 14.2. The van der Waals surface area contributed by atoms with Crippen LogP contribution >= 0.6 is 22.9 Å². The zero-order valence-electron chi connectivity index (χ0n) is 25.0. The summed E-state index contributed by atoms with van der Waals surface area (Å²) in [4.78, 5) is 20.0. The van der Waals surface area contributed by atoms with Crippen molar-refractivity contribution in [1.29, 1.82) is 0 Å². The van der Waals surface area contributed by atoms with Crippen LogP contribution < -0.4 is 29.1 Å². The Hall–Kier alpha value is -4.59. The average molecular weight is 635 g/mol. The van der Waals surface area contributed by atoms with E-state index < -0.39 is 0 Å². The van der Waals surface area contributed by atoms with Gasteiger partial charge in [0.05, 0.1) is 30.0 Å². The monoisotopic (exact) mass is 634 g/mol. The first-order valence-corrected chi connectivity index (χ1v) is 16.1. The molecule has 0 spiro atoms. The molecule has 4 aromatic carbocycles. The van der Waals surface area contributed by atoms with E-state index in [-0.39, 0.29) is 11.6 Å². The summed E-state index contributed by atoms with van der Waals surface area (Å²) in [5.74, 6) is 2.00. The zero-order chi connectivity index (χ0) is 30.9. The fourth-order valence-corrected chi connectivity index (χ4v) is 7.21. The van der Waals surface area contributed by atoms with Gasteiger partial charge in [-0.05, 0) is 78.4 Å². The Morgan fingerprint density at radius 3 is 2.56 bits per heavy atom. The second kappa shape index (κ2) is 12.4. The standard InChI is InChI=1S/C37H31ClN2O4S/c1-3-43-32-20-24(14-19-31(32)44-22-23-12-16-26(38)17-13-23)21-33-36(41)40-35(28-10-6-7-11-30(28)42-2)29-18-15-25-8-4-5-9-27(25)34(29)39-37(40)45-33/h4-14,16-17,19-21,35H,3,15,18,22H2,1-2H3/b33-21-/t35-/m1/s1. The predicted octanol–water partition coefficient (Wildman–Crippen LogP) is 6.96. The number of fused-ring (bicyclic) bond motifs is 3. The van der Waals surface area contributed by atoms with Crippen molar-refractivity contribution in [1.82, 2.24) is 4.57 Å². The molecule has 0 unspecified atom stereocenters. The molecule has 6 nitrogen and oxygen atoms in total. The highest BCUT2D eigenvalue weighted by Gasteiger charge is 2.34. The minimum absolute atomic E-state index is 0.0823. The van der Waals surface area contributed by atoms with E-state index in [0.717, 1.165) is 52.1 Å². The van der Waals surface area contributed by atoms with Crippen LogP contribution in [0, 0.1) is 0 Å². The van der Waals surface area contributed by atoms with Crippen LogP contribution in [0.15, 0.2) is 106 Å². The molecule has 1 aliphatic carbocycles. The molecule has 0 N–H and O–H groups in total. The average Bonchev–Trinajstić information content (AvgIpc) is 3.38. The summed E-state index contributed by atoms with van der Waals surface area (Å²) in [6.07, 6.45) is 3.62. The molecule has 8 heteroatoms. The van der Waals surface area contributed by atoms with Crippen LogP contribution in [0.1, 0.15) is 47.2 Å². The number of hydrogen-bond acceptors (Lipinski definition) is 6. The van der Waals surface area contributed by atoms with Crippen LogP contribution in [-0.2, 0) is 13.0 Å². The Morgan fingerprint density at radius 2 is 1.73 bits per heavy atom. The molecular formula is C37H31ClN2O4S. The van der Waals surface area contributed by atoms with Gasteiger partial charge in [0.1, 0.15) is 12.4 Å². The van der Waals surface area contributed by atoms with Gasteiger partial charge in [-0.15, -0.1) is 0 Å². The quantitative estimate of drug-likeness (QED) is 0.185. The maximum atomic E-state index is 14.2. The van der Waals surface area contributed by atoms with E-state index in [1.165, 1.54) is 16.9 Å². The first-order chi connectivity index (χ1) is 22.0. The Morgan fingerprint density at radius 1 is 0.933 bits per heavy atom. The van der Waals surface area contributed by atoms with E-state index in [4.69, 9.17) is 30.8 Å². The number of ether oxygens (including phenoxy) is 3. The molecule has 0 saturated heterocycles. The third-order valence-corrected chi connectivity index (χ3v) is 9.41. The van der Waals surface area contributed by atoms with Crippen LogP contribution in [-0.4, -0.2) is 18.3 Å². The number of allylic oxidation sites excluding steroid dienone is 1. The van der Waals surface area contributed by atoms with Gasteiger partial charge >= 0.3 is 0 Å². The van der Waals surface area contributed by atoms with Crippen LogP contribution in [0.2, 0.25) is 5.02 Å². The van der Waals surface area contributed by atoms with E-state index in [2.05, 4.69) is 24.3 Å². The Balaban J connectivity index is 1.32. The number of aromatic nitrogens is 1. The third kappa shape index (κ3) is 5.58. The first-order valence-electron chi connectivity index (χ1n) is 14.9. The van der Waals surface area contributed by atoms with Gasteiger partial charge in [-0.1, -0.05) is 83.6 Å². The molecule has 1 aromatic heterocycles. The summed E-state index contributed by atoms with van der Waals surface area (Å²) in [6, 6.07) is 29.4. The number of rotatable bonds is 8. The number of thiazole rings is 1. The largest absolute Gasteiger partial charge is 0.496 e. The number of benzene rings is 4. The van der Waals surface area contributed by atoms with Gasteiger partial charge in [0.15, 0.2) is 16.3 Å². The molecule has 1 aliphatic heterocycles. The van der Waals surface area contributed by atoms with Crippen molar-refractivity contribution < 1.29 is 14.2 Å². The molecule has 0 amide bonds. The lowest BCUT2D eigenvalue weighted by Crippen LogP contribution is -2.39. The third-order valence-electron chi connectivity index (χ3n) is 8.18. The summed E-state index contributed by atoms with van der Waals surface area (Å²) in [5.41, 5.74) is 7.22. The Kier molecular flexibility index (Phi) is 8.04. The van der Waals surface area contributed by atoms with E-state index in [1.54, 1.807) is 7.11 Å². The lowest BCUT2D eigenvalue weighted by molar-refractivity contribution is 0.269. The number of nitrogens with zero attached hydrogens (tertiary/aromatic N) is 2. The molecule has 2 aliphatic rings. The molecule has 0 radical (unpaired) electrons. The van der Waals surface area contributed by atoms with E-state index in [9.17, 15) is 4.79 Å². The van der Waals surface area contributed by atoms with Crippen molar-refractivity contribution in [3.8, 4) is 17.2 Å². The highest BCUT2D eigenvalue weighted by molar-refractivity contribution is 7.07. The summed E-state index contributed by atoms with van der Waals surface area (Å²) < 4.78 is 20.3. The first kappa shape index (κ1) is 29.1. The van der Waals surface area contributed by atoms with Crippen LogP contribution in [0.3, 0.4) is 0 Å². The number of hydrogen-bond donors (Lipinski definition) is 0. The zero-order valence-corrected chi connectivity index (χ0v) is 26.5. The molecule has 1 atom stereocenters.